The van der Waals surface area contributed by atoms with Gasteiger partial charge in [-0.25, -0.2) is 9.59 Å². The number of aliphatic imine (C=N–C) groups is 1. The molecular formula is C30H40F3N5O8. The zero-order valence-corrected chi connectivity index (χ0v) is 26.9. The third kappa shape index (κ3) is 11.2. The topological polar surface area (TPSA) is 155 Å². The SMILES string of the molecule is CC(=O)OCCCCOc1ccc(-c2noc(C3CCCN3C(=NC(=O)OC(C)(C)C)NC(=O)OC(C)(C)C)n2)cc1C(F)(F)F. The molecule has 1 unspecified atom stereocenters. The van der Waals surface area contributed by atoms with Crippen LogP contribution in [0, 0.1) is 0 Å². The van der Waals surface area contributed by atoms with Crippen LogP contribution in [-0.2, 0) is 25.2 Å². The Morgan fingerprint density at radius 1 is 1.04 bits per heavy atom. The van der Waals surface area contributed by atoms with Crippen LogP contribution in [0.5, 0.6) is 5.75 Å². The predicted molar refractivity (Wildman–Crippen MR) is 158 cm³/mol. The number of amides is 2. The largest absolute Gasteiger partial charge is 0.493 e. The highest BCUT2D eigenvalue weighted by atomic mass is 19.4. The fourth-order valence-corrected chi connectivity index (χ4v) is 4.31. The van der Waals surface area contributed by atoms with Gasteiger partial charge in [-0.1, -0.05) is 5.16 Å². The first-order valence-electron chi connectivity index (χ1n) is 14.7. The molecule has 16 heteroatoms. The number of nitrogens with zero attached hydrogens (tertiary/aromatic N) is 4. The highest BCUT2D eigenvalue weighted by Crippen LogP contribution is 2.39. The molecule has 1 saturated heterocycles. The number of halogens is 3. The number of hydrogen-bond donors (Lipinski definition) is 1. The summed E-state index contributed by atoms with van der Waals surface area (Å²) in [6, 6.07) is 2.76. The number of aromatic nitrogens is 2. The summed E-state index contributed by atoms with van der Waals surface area (Å²) in [6.45, 7) is 11.7. The first kappa shape index (κ1) is 36.1. The summed E-state index contributed by atoms with van der Waals surface area (Å²) < 4.78 is 68.2. The predicted octanol–water partition coefficient (Wildman–Crippen LogP) is 6.43. The number of carbonyl (C=O) groups is 3. The summed E-state index contributed by atoms with van der Waals surface area (Å²) in [5.41, 5.74) is -2.69. The van der Waals surface area contributed by atoms with Gasteiger partial charge in [0.15, 0.2) is 0 Å². The first-order valence-corrected chi connectivity index (χ1v) is 14.7. The summed E-state index contributed by atoms with van der Waals surface area (Å²) in [4.78, 5) is 46.0. The molecule has 1 aliphatic rings. The van der Waals surface area contributed by atoms with Crippen molar-refractivity contribution in [1.29, 1.82) is 0 Å². The molecule has 0 spiro atoms. The maximum absolute atomic E-state index is 14.0. The van der Waals surface area contributed by atoms with Gasteiger partial charge in [0.1, 0.15) is 23.0 Å². The number of hydrogen-bond acceptors (Lipinski definition) is 10. The second-order valence-corrected chi connectivity index (χ2v) is 12.5. The number of unbranched alkanes of at least 4 members (excludes halogenated alkanes) is 1. The van der Waals surface area contributed by atoms with Crippen molar-refractivity contribution < 1.29 is 51.0 Å². The Bertz CT molecular complexity index is 1410. The minimum absolute atomic E-state index is 0.0158. The van der Waals surface area contributed by atoms with Gasteiger partial charge < -0.3 is 28.4 Å². The normalized spacial score (nSPS) is 15.8. The number of likely N-dealkylation sites (tertiary alicyclic amines) is 1. The zero-order valence-electron chi connectivity index (χ0n) is 26.9. The average molecular weight is 656 g/mol. The Morgan fingerprint density at radius 2 is 1.72 bits per heavy atom. The molecule has 1 N–H and O–H groups in total. The summed E-state index contributed by atoms with van der Waals surface area (Å²) >= 11 is 0. The second kappa shape index (κ2) is 14.8. The standard InChI is InChI=1S/C30H40F3N5O8/c1-18(39)42-15-8-9-16-43-22-13-12-19(17-20(22)30(31,32)33)23-34-24(46-37-23)21-11-10-14-38(21)25(35-26(40)44-28(2,3)4)36-27(41)45-29(5,6)7/h12-13,17,21H,8-11,14-16H2,1-7H3,(H,35,36,40,41). The van der Waals surface area contributed by atoms with E-state index in [4.69, 9.17) is 23.5 Å². The summed E-state index contributed by atoms with van der Waals surface area (Å²) in [5, 5.41) is 6.40. The molecule has 0 aliphatic carbocycles. The van der Waals surface area contributed by atoms with Crippen LogP contribution in [0.4, 0.5) is 22.8 Å². The lowest BCUT2D eigenvalue weighted by molar-refractivity contribution is -0.141. The zero-order chi connectivity index (χ0) is 34.3. The third-order valence-corrected chi connectivity index (χ3v) is 6.10. The van der Waals surface area contributed by atoms with E-state index in [2.05, 4.69) is 20.4 Å². The quantitative estimate of drug-likeness (QED) is 0.110. The smallest absolute Gasteiger partial charge is 0.437 e. The summed E-state index contributed by atoms with van der Waals surface area (Å²) in [7, 11) is 0. The molecule has 1 atom stereocenters. The van der Waals surface area contributed by atoms with Crippen LogP contribution in [0.1, 0.15) is 91.6 Å². The Labute approximate surface area is 264 Å². The van der Waals surface area contributed by atoms with Crippen LogP contribution in [0.3, 0.4) is 0 Å². The molecule has 1 fully saturated rings. The van der Waals surface area contributed by atoms with Crippen LogP contribution in [-0.4, -0.2) is 70.1 Å². The fraction of sp³-hybridized carbons (Fsp3) is 0.600. The molecule has 0 saturated carbocycles. The molecule has 254 valence electrons. The monoisotopic (exact) mass is 655 g/mol. The van der Waals surface area contributed by atoms with E-state index in [1.807, 2.05) is 0 Å². The van der Waals surface area contributed by atoms with Gasteiger partial charge in [0.2, 0.25) is 17.7 Å². The molecule has 1 aromatic carbocycles. The Hall–Kier alpha value is -4.37. The molecule has 2 aromatic rings. The first-order chi connectivity index (χ1) is 21.3. The van der Waals surface area contributed by atoms with E-state index in [9.17, 15) is 27.6 Å². The number of alkyl carbamates (subject to hydrolysis) is 1. The van der Waals surface area contributed by atoms with Gasteiger partial charge in [0.05, 0.1) is 18.8 Å². The van der Waals surface area contributed by atoms with Gasteiger partial charge in [-0.05, 0) is 85.4 Å². The van der Waals surface area contributed by atoms with Gasteiger partial charge >= 0.3 is 24.3 Å². The van der Waals surface area contributed by atoms with Crippen LogP contribution < -0.4 is 10.1 Å². The number of rotatable bonds is 8. The van der Waals surface area contributed by atoms with Crippen LogP contribution in [0.25, 0.3) is 11.4 Å². The number of guanidine groups is 1. The van der Waals surface area contributed by atoms with E-state index < -0.39 is 47.1 Å². The van der Waals surface area contributed by atoms with E-state index >= 15 is 0 Å². The minimum atomic E-state index is -4.74. The van der Waals surface area contributed by atoms with Crippen LogP contribution in [0.2, 0.25) is 0 Å². The highest BCUT2D eigenvalue weighted by Gasteiger charge is 2.37. The van der Waals surface area contributed by atoms with E-state index in [1.54, 1.807) is 46.4 Å². The lowest BCUT2D eigenvalue weighted by Crippen LogP contribution is -2.46. The number of benzene rings is 1. The molecule has 1 aromatic heterocycles. The Kier molecular flexibility index (Phi) is 11.6. The van der Waals surface area contributed by atoms with Crippen molar-refractivity contribution in [2.45, 2.75) is 97.6 Å². The van der Waals surface area contributed by atoms with Gasteiger partial charge in [0, 0.05) is 19.0 Å². The van der Waals surface area contributed by atoms with Crippen molar-refractivity contribution in [3.05, 3.63) is 29.7 Å². The van der Waals surface area contributed by atoms with Crippen molar-refractivity contribution in [1.82, 2.24) is 20.4 Å². The average Bonchev–Trinajstić information content (AvgIpc) is 3.57. The molecule has 2 amide bonds. The number of ether oxygens (including phenoxy) is 4. The van der Waals surface area contributed by atoms with E-state index in [0.29, 0.717) is 32.2 Å². The summed E-state index contributed by atoms with van der Waals surface area (Å²) in [6.07, 6.45) is -4.72. The highest BCUT2D eigenvalue weighted by molar-refractivity contribution is 5.99. The molecule has 46 heavy (non-hydrogen) atoms. The number of esters is 1. The van der Waals surface area contributed by atoms with Gasteiger partial charge in [-0.3, -0.25) is 10.1 Å². The van der Waals surface area contributed by atoms with Crippen molar-refractivity contribution in [2.75, 3.05) is 19.8 Å². The van der Waals surface area contributed by atoms with Crippen molar-refractivity contribution >= 4 is 24.1 Å². The third-order valence-electron chi connectivity index (χ3n) is 6.10. The number of nitrogens with one attached hydrogen (secondary N) is 1. The second-order valence-electron chi connectivity index (χ2n) is 12.5. The lowest BCUT2D eigenvalue weighted by Gasteiger charge is -2.27. The molecule has 3 rings (SSSR count). The van der Waals surface area contributed by atoms with Crippen molar-refractivity contribution in [3.63, 3.8) is 0 Å². The fourth-order valence-electron chi connectivity index (χ4n) is 4.31. The van der Waals surface area contributed by atoms with Gasteiger partial charge in [-0.2, -0.15) is 18.2 Å². The molecular weight excluding hydrogens is 615 g/mol. The maximum Gasteiger partial charge on any atom is 0.437 e. The van der Waals surface area contributed by atoms with Crippen molar-refractivity contribution in [2.24, 2.45) is 4.99 Å². The van der Waals surface area contributed by atoms with Gasteiger partial charge in [0.25, 0.3) is 0 Å². The molecule has 0 bridgehead atoms. The molecule has 2 heterocycles. The molecule has 1 aliphatic heterocycles. The Morgan fingerprint density at radius 3 is 2.35 bits per heavy atom. The lowest BCUT2D eigenvalue weighted by atomic mass is 10.1. The van der Waals surface area contributed by atoms with Gasteiger partial charge in [-0.15, -0.1) is 4.99 Å². The maximum atomic E-state index is 14.0. The van der Waals surface area contributed by atoms with Crippen LogP contribution >= 0.6 is 0 Å². The number of carbonyl (C=O) groups excluding carboxylic acids is 3. The molecule has 13 nitrogen and oxygen atoms in total. The molecule has 0 radical (unpaired) electrons. The summed E-state index contributed by atoms with van der Waals surface area (Å²) in [5.74, 6) is -1.04. The van der Waals surface area contributed by atoms with E-state index in [1.165, 1.54) is 19.1 Å². The number of alkyl halides is 3. The van der Waals surface area contributed by atoms with E-state index in [-0.39, 0.29) is 42.2 Å². The minimum Gasteiger partial charge on any atom is -0.493 e. The van der Waals surface area contributed by atoms with E-state index in [0.717, 1.165) is 6.07 Å². The van der Waals surface area contributed by atoms with Crippen LogP contribution in [0.15, 0.2) is 27.7 Å². The Balaban J connectivity index is 1.84. The van der Waals surface area contributed by atoms with Crippen molar-refractivity contribution in [3.8, 4) is 17.1 Å².